The first-order chi connectivity index (χ1) is 7.80. The van der Waals surface area contributed by atoms with E-state index in [1.54, 1.807) is 13.0 Å². The molecular formula is C11H6Cl2F3N. The standard InChI is InChI=1S/C11H6Cl2F3N/c1-5-2-3-6(12)10-9(5)7(13)4-8(17-10)11(14,15)16/h2-4H,1H3. The van der Waals surface area contributed by atoms with E-state index in [-0.39, 0.29) is 15.6 Å². The smallest absolute Gasteiger partial charge is 0.242 e. The lowest BCUT2D eigenvalue weighted by atomic mass is 10.1. The Bertz CT molecular complexity index is 593. The van der Waals surface area contributed by atoms with Crippen LogP contribution in [0.5, 0.6) is 0 Å². The van der Waals surface area contributed by atoms with Gasteiger partial charge in [0, 0.05) is 5.39 Å². The van der Waals surface area contributed by atoms with E-state index >= 15 is 0 Å². The highest BCUT2D eigenvalue weighted by atomic mass is 35.5. The molecule has 2 aromatic rings. The summed E-state index contributed by atoms with van der Waals surface area (Å²) in [4.78, 5) is 3.53. The third-order valence-electron chi connectivity index (χ3n) is 2.36. The van der Waals surface area contributed by atoms with Gasteiger partial charge in [-0.25, -0.2) is 4.98 Å². The van der Waals surface area contributed by atoms with Crippen molar-refractivity contribution < 1.29 is 13.2 Å². The van der Waals surface area contributed by atoms with Crippen LogP contribution >= 0.6 is 23.2 Å². The molecule has 0 radical (unpaired) electrons. The number of hydrogen-bond acceptors (Lipinski definition) is 1. The number of rotatable bonds is 0. The Balaban J connectivity index is 2.87. The molecule has 0 atom stereocenters. The lowest BCUT2D eigenvalue weighted by molar-refractivity contribution is -0.140. The number of fused-ring (bicyclic) bond motifs is 1. The van der Waals surface area contributed by atoms with Gasteiger partial charge in [0.1, 0.15) is 5.69 Å². The molecule has 0 saturated carbocycles. The SMILES string of the molecule is Cc1ccc(Cl)c2nc(C(F)(F)F)cc(Cl)c12. The second kappa shape index (κ2) is 4.03. The Morgan fingerprint density at radius 2 is 1.76 bits per heavy atom. The van der Waals surface area contributed by atoms with E-state index in [9.17, 15) is 13.2 Å². The maximum Gasteiger partial charge on any atom is 0.433 e. The van der Waals surface area contributed by atoms with Crippen molar-refractivity contribution in [2.45, 2.75) is 13.1 Å². The molecule has 17 heavy (non-hydrogen) atoms. The second-order valence-corrected chi connectivity index (χ2v) is 4.39. The molecule has 0 spiro atoms. The Kier molecular flexibility index (Phi) is 2.96. The van der Waals surface area contributed by atoms with E-state index in [0.29, 0.717) is 5.39 Å². The van der Waals surface area contributed by atoms with Crippen LogP contribution in [-0.4, -0.2) is 4.98 Å². The summed E-state index contributed by atoms with van der Waals surface area (Å²) in [6, 6.07) is 4.00. The number of aryl methyl sites for hydroxylation is 1. The Morgan fingerprint density at radius 1 is 1.12 bits per heavy atom. The lowest BCUT2D eigenvalue weighted by Gasteiger charge is -2.10. The molecule has 0 aliphatic rings. The summed E-state index contributed by atoms with van der Waals surface area (Å²) in [5.74, 6) is 0. The van der Waals surface area contributed by atoms with E-state index in [0.717, 1.165) is 11.6 Å². The molecule has 1 nitrogen and oxygen atoms in total. The highest BCUT2D eigenvalue weighted by Crippen LogP contribution is 2.36. The second-order valence-electron chi connectivity index (χ2n) is 3.57. The molecule has 0 N–H and O–H groups in total. The molecule has 2 rings (SSSR count). The van der Waals surface area contributed by atoms with Gasteiger partial charge in [-0.2, -0.15) is 13.2 Å². The monoisotopic (exact) mass is 279 g/mol. The maximum atomic E-state index is 12.6. The molecule has 6 heteroatoms. The van der Waals surface area contributed by atoms with E-state index in [2.05, 4.69) is 4.98 Å². The van der Waals surface area contributed by atoms with Crippen molar-refractivity contribution in [1.29, 1.82) is 0 Å². The minimum absolute atomic E-state index is 0.00215. The zero-order valence-corrected chi connectivity index (χ0v) is 10.1. The van der Waals surface area contributed by atoms with Gasteiger partial charge in [-0.05, 0) is 24.6 Å². The molecule has 1 aromatic heterocycles. The Hall–Kier alpha value is -1.00. The van der Waals surface area contributed by atoms with Crippen molar-refractivity contribution >= 4 is 34.1 Å². The molecule has 0 aliphatic carbocycles. The summed E-state index contributed by atoms with van der Waals surface area (Å²) in [6.45, 7) is 1.74. The number of aromatic nitrogens is 1. The van der Waals surface area contributed by atoms with Gasteiger partial charge < -0.3 is 0 Å². The van der Waals surface area contributed by atoms with Crippen molar-refractivity contribution in [3.05, 3.63) is 39.5 Å². The van der Waals surface area contributed by atoms with Crippen LogP contribution in [-0.2, 0) is 6.18 Å². The van der Waals surface area contributed by atoms with E-state index in [1.165, 1.54) is 6.07 Å². The van der Waals surface area contributed by atoms with Crippen LogP contribution < -0.4 is 0 Å². The number of hydrogen-bond donors (Lipinski definition) is 0. The largest absolute Gasteiger partial charge is 0.433 e. The van der Waals surface area contributed by atoms with Gasteiger partial charge >= 0.3 is 6.18 Å². The van der Waals surface area contributed by atoms with Crippen molar-refractivity contribution in [1.82, 2.24) is 4.98 Å². The molecular weight excluding hydrogens is 274 g/mol. The number of pyridine rings is 1. The van der Waals surface area contributed by atoms with Crippen LogP contribution in [0.15, 0.2) is 18.2 Å². The fourth-order valence-electron chi connectivity index (χ4n) is 1.57. The number of halogens is 5. The van der Waals surface area contributed by atoms with Crippen LogP contribution in [0.3, 0.4) is 0 Å². The minimum atomic E-state index is -4.54. The van der Waals surface area contributed by atoms with Crippen molar-refractivity contribution in [2.75, 3.05) is 0 Å². The minimum Gasteiger partial charge on any atom is -0.242 e. The van der Waals surface area contributed by atoms with E-state index in [4.69, 9.17) is 23.2 Å². The fourth-order valence-corrected chi connectivity index (χ4v) is 2.11. The third kappa shape index (κ3) is 2.19. The summed E-state index contributed by atoms with van der Waals surface area (Å²) >= 11 is 11.7. The van der Waals surface area contributed by atoms with E-state index < -0.39 is 11.9 Å². The predicted octanol–water partition coefficient (Wildman–Crippen LogP) is 4.87. The Morgan fingerprint density at radius 3 is 2.35 bits per heavy atom. The topological polar surface area (TPSA) is 12.9 Å². The molecule has 1 heterocycles. The van der Waals surface area contributed by atoms with E-state index in [1.807, 2.05) is 0 Å². The van der Waals surface area contributed by atoms with Gasteiger partial charge in [0.05, 0.1) is 15.6 Å². The molecule has 1 aromatic carbocycles. The van der Waals surface area contributed by atoms with Gasteiger partial charge in [0.25, 0.3) is 0 Å². The number of nitrogens with zero attached hydrogens (tertiary/aromatic N) is 1. The molecule has 0 unspecified atom stereocenters. The molecule has 90 valence electrons. The number of alkyl halides is 3. The van der Waals surface area contributed by atoms with Gasteiger partial charge in [0.15, 0.2) is 0 Å². The summed E-state index contributed by atoms with van der Waals surface area (Å²) in [7, 11) is 0. The first kappa shape index (κ1) is 12.5. The van der Waals surface area contributed by atoms with Crippen molar-refractivity contribution in [2.24, 2.45) is 0 Å². The maximum absolute atomic E-state index is 12.6. The predicted molar refractivity (Wildman–Crippen MR) is 61.5 cm³/mol. The first-order valence-electron chi connectivity index (χ1n) is 4.63. The summed E-state index contributed by atoms with van der Waals surface area (Å²) in [5, 5.41) is 0.605. The summed E-state index contributed by atoms with van der Waals surface area (Å²) in [5.41, 5.74) is -0.232. The average molecular weight is 280 g/mol. The zero-order valence-electron chi connectivity index (χ0n) is 8.57. The Labute approximate surface area is 105 Å². The van der Waals surface area contributed by atoms with Gasteiger partial charge in [0.2, 0.25) is 0 Å². The highest BCUT2D eigenvalue weighted by Gasteiger charge is 2.33. The number of benzene rings is 1. The average Bonchev–Trinajstić information content (AvgIpc) is 2.21. The fraction of sp³-hybridized carbons (Fsp3) is 0.182. The van der Waals surface area contributed by atoms with Crippen LogP contribution in [0.2, 0.25) is 10.0 Å². The quantitative estimate of drug-likeness (QED) is 0.671. The summed E-state index contributed by atoms with van der Waals surface area (Å²) in [6.07, 6.45) is -4.54. The highest BCUT2D eigenvalue weighted by molar-refractivity contribution is 6.39. The van der Waals surface area contributed by atoms with Crippen molar-refractivity contribution in [3.8, 4) is 0 Å². The molecule has 0 fully saturated rings. The molecule has 0 saturated heterocycles. The lowest BCUT2D eigenvalue weighted by Crippen LogP contribution is -2.08. The normalized spacial score (nSPS) is 12.1. The molecule has 0 bridgehead atoms. The van der Waals surface area contributed by atoms with Gasteiger partial charge in [-0.15, -0.1) is 0 Å². The zero-order chi connectivity index (χ0) is 12.8. The third-order valence-corrected chi connectivity index (χ3v) is 2.97. The summed E-state index contributed by atoms with van der Waals surface area (Å²) < 4.78 is 37.7. The molecule has 0 aliphatic heterocycles. The van der Waals surface area contributed by atoms with Gasteiger partial charge in [-0.1, -0.05) is 29.3 Å². The van der Waals surface area contributed by atoms with Crippen LogP contribution in [0.25, 0.3) is 10.9 Å². The van der Waals surface area contributed by atoms with Crippen LogP contribution in [0.1, 0.15) is 11.3 Å². The van der Waals surface area contributed by atoms with Crippen molar-refractivity contribution in [3.63, 3.8) is 0 Å². The first-order valence-corrected chi connectivity index (χ1v) is 5.39. The molecule has 0 amide bonds. The van der Waals surface area contributed by atoms with Crippen LogP contribution in [0, 0.1) is 6.92 Å². The van der Waals surface area contributed by atoms with Crippen LogP contribution in [0.4, 0.5) is 13.2 Å². The van der Waals surface area contributed by atoms with Gasteiger partial charge in [-0.3, -0.25) is 0 Å².